The predicted octanol–water partition coefficient (Wildman–Crippen LogP) is 6.87. The van der Waals surface area contributed by atoms with Crippen molar-refractivity contribution in [3.63, 3.8) is 0 Å². The van der Waals surface area contributed by atoms with Gasteiger partial charge in [-0.3, -0.25) is 0 Å². The van der Waals surface area contributed by atoms with Crippen LogP contribution in [0.15, 0.2) is 108 Å². The van der Waals surface area contributed by atoms with Crippen LogP contribution >= 0.6 is 0 Å². The Morgan fingerprint density at radius 3 is 1.76 bits per heavy atom. The molecule has 2 heterocycles. The molecule has 0 spiro atoms. The van der Waals surface area contributed by atoms with Crippen LogP contribution in [0.1, 0.15) is 39.7 Å². The van der Waals surface area contributed by atoms with Crippen LogP contribution in [0.25, 0.3) is 0 Å². The van der Waals surface area contributed by atoms with Crippen molar-refractivity contribution in [3.8, 4) is 0 Å². The lowest BCUT2D eigenvalue weighted by Gasteiger charge is -2.35. The van der Waals surface area contributed by atoms with Crippen LogP contribution in [-0.4, -0.2) is 10.9 Å². The SMILES string of the molecule is Cc1nc(C2=N[C@@H](c3ccccc3)C(c3ccccc3)(c3ccccc3)O2)ccc1C(F)(F)F. The molecule has 0 saturated heterocycles. The van der Waals surface area contributed by atoms with Crippen molar-refractivity contribution in [3.05, 3.63) is 137 Å². The van der Waals surface area contributed by atoms with E-state index in [1.54, 1.807) is 0 Å². The van der Waals surface area contributed by atoms with E-state index in [2.05, 4.69) is 4.98 Å². The number of aromatic nitrogens is 1. The molecule has 1 aliphatic heterocycles. The molecule has 0 fully saturated rings. The van der Waals surface area contributed by atoms with Crippen molar-refractivity contribution in [2.24, 2.45) is 4.99 Å². The smallest absolute Gasteiger partial charge is 0.418 e. The third kappa shape index (κ3) is 3.75. The highest BCUT2D eigenvalue weighted by atomic mass is 19.4. The first-order valence-corrected chi connectivity index (χ1v) is 10.9. The summed E-state index contributed by atoms with van der Waals surface area (Å²) in [6, 6.07) is 31.1. The van der Waals surface area contributed by atoms with E-state index >= 15 is 0 Å². The van der Waals surface area contributed by atoms with E-state index < -0.39 is 23.4 Å². The molecule has 1 aliphatic rings. The highest BCUT2D eigenvalue weighted by molar-refractivity contribution is 5.94. The number of alkyl halides is 3. The first-order valence-electron chi connectivity index (χ1n) is 10.9. The van der Waals surface area contributed by atoms with Crippen LogP contribution in [0, 0.1) is 6.92 Å². The third-order valence-corrected chi connectivity index (χ3v) is 6.02. The second kappa shape index (κ2) is 8.45. The molecule has 170 valence electrons. The Morgan fingerprint density at radius 2 is 1.26 bits per heavy atom. The number of aryl methyl sites for hydroxylation is 1. The maximum atomic E-state index is 13.3. The van der Waals surface area contributed by atoms with Gasteiger partial charge >= 0.3 is 6.18 Å². The van der Waals surface area contributed by atoms with Gasteiger partial charge in [0, 0.05) is 11.1 Å². The molecule has 1 atom stereocenters. The van der Waals surface area contributed by atoms with Gasteiger partial charge in [-0.05, 0) is 24.6 Å². The highest BCUT2D eigenvalue weighted by Gasteiger charge is 2.51. The van der Waals surface area contributed by atoms with Crippen LogP contribution in [0.2, 0.25) is 0 Å². The first kappa shape index (κ1) is 21.9. The maximum absolute atomic E-state index is 13.3. The summed E-state index contributed by atoms with van der Waals surface area (Å²) >= 11 is 0. The number of rotatable bonds is 4. The van der Waals surface area contributed by atoms with Crippen LogP contribution in [0.4, 0.5) is 13.2 Å². The highest BCUT2D eigenvalue weighted by Crippen LogP contribution is 2.51. The van der Waals surface area contributed by atoms with Crippen LogP contribution < -0.4 is 0 Å². The van der Waals surface area contributed by atoms with E-state index in [4.69, 9.17) is 9.73 Å². The number of ether oxygens (including phenoxy) is 1. The molecule has 0 aliphatic carbocycles. The average molecular weight is 458 g/mol. The fourth-order valence-electron chi connectivity index (χ4n) is 4.46. The van der Waals surface area contributed by atoms with Crippen LogP contribution in [-0.2, 0) is 16.5 Å². The van der Waals surface area contributed by atoms with Gasteiger partial charge in [-0.2, -0.15) is 13.2 Å². The third-order valence-electron chi connectivity index (χ3n) is 6.02. The predicted molar refractivity (Wildman–Crippen MR) is 124 cm³/mol. The zero-order valence-electron chi connectivity index (χ0n) is 18.3. The van der Waals surface area contributed by atoms with Crippen molar-refractivity contribution in [1.29, 1.82) is 0 Å². The minimum Gasteiger partial charge on any atom is -0.457 e. The van der Waals surface area contributed by atoms with Gasteiger partial charge in [0.1, 0.15) is 11.7 Å². The van der Waals surface area contributed by atoms with Crippen molar-refractivity contribution >= 4 is 5.90 Å². The van der Waals surface area contributed by atoms with Crippen LogP contribution in [0.5, 0.6) is 0 Å². The Balaban J connectivity index is 1.71. The summed E-state index contributed by atoms with van der Waals surface area (Å²) in [7, 11) is 0. The molecule has 0 N–H and O–H groups in total. The second-order valence-corrected chi connectivity index (χ2v) is 8.14. The molecule has 4 aromatic rings. The lowest BCUT2D eigenvalue weighted by molar-refractivity contribution is -0.138. The number of hydrogen-bond acceptors (Lipinski definition) is 3. The zero-order chi connectivity index (χ0) is 23.8. The quantitative estimate of drug-likeness (QED) is 0.334. The molecule has 3 aromatic carbocycles. The minimum absolute atomic E-state index is 0.121. The number of hydrogen-bond donors (Lipinski definition) is 0. The Bertz CT molecular complexity index is 1280. The summed E-state index contributed by atoms with van der Waals surface area (Å²) in [5.74, 6) is 0.207. The monoisotopic (exact) mass is 458 g/mol. The number of halogens is 3. The number of pyridine rings is 1. The topological polar surface area (TPSA) is 34.5 Å². The summed E-state index contributed by atoms with van der Waals surface area (Å²) in [4.78, 5) is 9.15. The van der Waals surface area contributed by atoms with Gasteiger partial charge in [0.15, 0.2) is 5.60 Å². The lowest BCUT2D eigenvalue weighted by Crippen LogP contribution is -2.34. The minimum atomic E-state index is -4.47. The molecule has 0 saturated carbocycles. The summed E-state index contributed by atoms with van der Waals surface area (Å²) in [5, 5.41) is 0. The van der Waals surface area contributed by atoms with Gasteiger partial charge in [0.2, 0.25) is 5.90 Å². The molecule has 34 heavy (non-hydrogen) atoms. The number of aliphatic imine (C=N–C) groups is 1. The lowest BCUT2D eigenvalue weighted by atomic mass is 9.78. The second-order valence-electron chi connectivity index (χ2n) is 8.14. The number of nitrogens with zero attached hydrogens (tertiary/aromatic N) is 2. The Labute approximate surface area is 195 Å². The molecular weight excluding hydrogens is 437 g/mol. The van der Waals surface area contributed by atoms with Crippen molar-refractivity contribution in [2.75, 3.05) is 0 Å². The molecule has 0 radical (unpaired) electrons. The largest absolute Gasteiger partial charge is 0.457 e. The first-order chi connectivity index (χ1) is 16.4. The van der Waals surface area contributed by atoms with E-state index in [-0.39, 0.29) is 17.3 Å². The molecule has 0 bridgehead atoms. The molecule has 1 aromatic heterocycles. The van der Waals surface area contributed by atoms with Gasteiger partial charge in [-0.1, -0.05) is 91.0 Å². The standard InChI is InChI=1S/C28H21F3N2O/c1-19-23(28(29,30)31)17-18-24(32-19)26-33-25(20-11-5-2-6-12-20)27(34-26,21-13-7-3-8-14-21)22-15-9-4-10-16-22/h2-18,25H,1H3/t25-/m0/s1. The fourth-order valence-corrected chi connectivity index (χ4v) is 4.46. The maximum Gasteiger partial charge on any atom is 0.418 e. The van der Waals surface area contributed by atoms with Gasteiger partial charge in [0.25, 0.3) is 0 Å². The molecule has 0 amide bonds. The zero-order valence-corrected chi connectivity index (χ0v) is 18.3. The summed E-state index contributed by atoms with van der Waals surface area (Å²) < 4.78 is 46.6. The van der Waals surface area contributed by atoms with E-state index in [1.165, 1.54) is 13.0 Å². The van der Waals surface area contributed by atoms with Crippen molar-refractivity contribution in [2.45, 2.75) is 24.7 Å². The van der Waals surface area contributed by atoms with Gasteiger partial charge in [-0.15, -0.1) is 0 Å². The molecular formula is C28H21F3N2O. The molecule has 6 heteroatoms. The fraction of sp³-hybridized carbons (Fsp3) is 0.143. The molecule has 5 rings (SSSR count). The average Bonchev–Trinajstić information content (AvgIpc) is 3.27. The van der Waals surface area contributed by atoms with E-state index in [0.29, 0.717) is 0 Å². The number of benzene rings is 3. The summed E-state index contributed by atoms with van der Waals surface area (Å²) in [6.07, 6.45) is -4.47. The van der Waals surface area contributed by atoms with Gasteiger partial charge in [0.05, 0.1) is 11.3 Å². The van der Waals surface area contributed by atoms with Gasteiger partial charge < -0.3 is 4.74 Å². The molecule has 3 nitrogen and oxygen atoms in total. The van der Waals surface area contributed by atoms with E-state index in [9.17, 15) is 13.2 Å². The Hall–Kier alpha value is -3.93. The van der Waals surface area contributed by atoms with Gasteiger partial charge in [-0.25, -0.2) is 9.98 Å². The molecule has 0 unspecified atom stereocenters. The summed E-state index contributed by atoms with van der Waals surface area (Å²) in [6.45, 7) is 1.35. The Kier molecular flexibility index (Phi) is 5.44. The summed E-state index contributed by atoms with van der Waals surface area (Å²) in [5.41, 5.74) is 1.05. The van der Waals surface area contributed by atoms with Crippen LogP contribution in [0.3, 0.4) is 0 Å². The van der Waals surface area contributed by atoms with E-state index in [0.717, 1.165) is 22.8 Å². The van der Waals surface area contributed by atoms with Crippen molar-refractivity contribution < 1.29 is 17.9 Å². The Morgan fingerprint density at radius 1 is 0.735 bits per heavy atom. The van der Waals surface area contributed by atoms with Crippen molar-refractivity contribution in [1.82, 2.24) is 4.98 Å². The van der Waals surface area contributed by atoms with E-state index in [1.807, 2.05) is 91.0 Å². The normalized spacial score (nSPS) is 17.2.